The minimum absolute atomic E-state index is 0.127. The molecule has 0 radical (unpaired) electrons. The lowest BCUT2D eigenvalue weighted by atomic mass is 10.0. The van der Waals surface area contributed by atoms with E-state index in [9.17, 15) is 9.90 Å². The van der Waals surface area contributed by atoms with Crippen LogP contribution in [0.15, 0.2) is 12.1 Å². The summed E-state index contributed by atoms with van der Waals surface area (Å²) < 4.78 is 4.83. The average molecular weight is 208 g/mol. The maximum atomic E-state index is 11.3. The Morgan fingerprint density at radius 3 is 2.67 bits per heavy atom. The van der Waals surface area contributed by atoms with Gasteiger partial charge in [0.15, 0.2) is 0 Å². The molecule has 15 heavy (non-hydrogen) atoms. The molecule has 0 spiro atoms. The van der Waals surface area contributed by atoms with Crippen LogP contribution in [0.3, 0.4) is 0 Å². The standard InChI is InChI=1S/C12H16O3/c1-4-15-11(13)7-10-6-8(2)5-9(3)12(10)14/h5-6,14H,4,7H2,1-3H3. The van der Waals surface area contributed by atoms with Crippen LogP contribution in [-0.4, -0.2) is 17.7 Å². The number of aryl methyl sites for hydroxylation is 2. The Labute approximate surface area is 89.7 Å². The number of carbonyl (C=O) groups excluding carboxylic acids is 1. The van der Waals surface area contributed by atoms with Crippen LogP contribution in [0.25, 0.3) is 0 Å². The van der Waals surface area contributed by atoms with Crippen LogP contribution >= 0.6 is 0 Å². The first-order valence-corrected chi connectivity index (χ1v) is 4.99. The van der Waals surface area contributed by atoms with Gasteiger partial charge >= 0.3 is 5.97 Å². The number of carbonyl (C=O) groups is 1. The molecule has 0 atom stereocenters. The zero-order chi connectivity index (χ0) is 11.4. The molecule has 1 rings (SSSR count). The minimum Gasteiger partial charge on any atom is -0.507 e. The summed E-state index contributed by atoms with van der Waals surface area (Å²) in [6.07, 6.45) is 0.127. The van der Waals surface area contributed by atoms with Crippen molar-refractivity contribution in [2.24, 2.45) is 0 Å². The fourth-order valence-electron chi connectivity index (χ4n) is 1.55. The number of aromatic hydroxyl groups is 1. The molecule has 0 aromatic heterocycles. The number of rotatable bonds is 3. The number of benzene rings is 1. The van der Waals surface area contributed by atoms with E-state index in [1.807, 2.05) is 19.9 Å². The van der Waals surface area contributed by atoms with E-state index in [0.29, 0.717) is 12.2 Å². The summed E-state index contributed by atoms with van der Waals surface area (Å²) in [4.78, 5) is 11.3. The topological polar surface area (TPSA) is 46.5 Å². The largest absolute Gasteiger partial charge is 0.507 e. The number of esters is 1. The van der Waals surface area contributed by atoms with Crippen LogP contribution in [0, 0.1) is 13.8 Å². The maximum absolute atomic E-state index is 11.3. The molecule has 1 N–H and O–H groups in total. The van der Waals surface area contributed by atoms with Gasteiger partial charge in [-0.15, -0.1) is 0 Å². The monoisotopic (exact) mass is 208 g/mol. The van der Waals surface area contributed by atoms with Crippen molar-refractivity contribution in [3.8, 4) is 5.75 Å². The summed E-state index contributed by atoms with van der Waals surface area (Å²) in [5, 5.41) is 9.73. The second-order valence-corrected chi connectivity index (χ2v) is 3.57. The predicted octanol–water partition coefficient (Wildman–Crippen LogP) is 2.11. The van der Waals surface area contributed by atoms with Gasteiger partial charge in [-0.1, -0.05) is 17.7 Å². The van der Waals surface area contributed by atoms with Crippen LogP contribution < -0.4 is 0 Å². The Hall–Kier alpha value is -1.51. The maximum Gasteiger partial charge on any atom is 0.310 e. The van der Waals surface area contributed by atoms with Crippen molar-refractivity contribution in [1.82, 2.24) is 0 Å². The summed E-state index contributed by atoms with van der Waals surface area (Å²) in [5.41, 5.74) is 2.45. The zero-order valence-electron chi connectivity index (χ0n) is 9.33. The summed E-state index contributed by atoms with van der Waals surface area (Å²) in [6, 6.07) is 3.68. The van der Waals surface area contributed by atoms with E-state index in [2.05, 4.69) is 0 Å². The van der Waals surface area contributed by atoms with Gasteiger partial charge in [-0.25, -0.2) is 0 Å². The molecule has 0 saturated heterocycles. The van der Waals surface area contributed by atoms with Crippen molar-refractivity contribution in [1.29, 1.82) is 0 Å². The summed E-state index contributed by atoms with van der Waals surface area (Å²) in [7, 11) is 0. The van der Waals surface area contributed by atoms with Crippen LogP contribution in [0.2, 0.25) is 0 Å². The fourth-order valence-corrected chi connectivity index (χ4v) is 1.55. The van der Waals surface area contributed by atoms with Crippen molar-refractivity contribution in [3.63, 3.8) is 0 Å². The van der Waals surface area contributed by atoms with Crippen molar-refractivity contribution in [2.75, 3.05) is 6.61 Å². The first kappa shape index (κ1) is 11.6. The smallest absolute Gasteiger partial charge is 0.310 e. The Morgan fingerprint density at radius 2 is 2.07 bits per heavy atom. The van der Waals surface area contributed by atoms with E-state index in [1.54, 1.807) is 13.0 Å². The molecule has 0 bridgehead atoms. The van der Waals surface area contributed by atoms with Crippen molar-refractivity contribution in [2.45, 2.75) is 27.2 Å². The molecule has 3 heteroatoms. The van der Waals surface area contributed by atoms with Gasteiger partial charge in [0, 0.05) is 5.56 Å². The number of hydrogen-bond acceptors (Lipinski definition) is 3. The molecular formula is C12H16O3. The molecule has 0 aliphatic carbocycles. The van der Waals surface area contributed by atoms with E-state index < -0.39 is 0 Å². The lowest BCUT2D eigenvalue weighted by Gasteiger charge is -2.08. The van der Waals surface area contributed by atoms with E-state index in [1.165, 1.54) is 0 Å². The van der Waals surface area contributed by atoms with Gasteiger partial charge in [-0.2, -0.15) is 0 Å². The Morgan fingerprint density at radius 1 is 1.40 bits per heavy atom. The Kier molecular flexibility index (Phi) is 3.72. The molecular weight excluding hydrogens is 192 g/mol. The van der Waals surface area contributed by atoms with Crippen LogP contribution in [0.1, 0.15) is 23.6 Å². The highest BCUT2D eigenvalue weighted by Gasteiger charge is 2.10. The highest BCUT2D eigenvalue weighted by Crippen LogP contribution is 2.24. The lowest BCUT2D eigenvalue weighted by Crippen LogP contribution is -2.08. The van der Waals surface area contributed by atoms with E-state index >= 15 is 0 Å². The normalized spacial score (nSPS) is 10.1. The first-order chi connectivity index (χ1) is 7.04. The zero-order valence-corrected chi connectivity index (χ0v) is 9.33. The summed E-state index contributed by atoms with van der Waals surface area (Å²) in [6.45, 7) is 5.88. The van der Waals surface area contributed by atoms with Gasteiger partial charge in [-0.3, -0.25) is 4.79 Å². The molecule has 1 aromatic rings. The van der Waals surface area contributed by atoms with Gasteiger partial charge in [0.1, 0.15) is 5.75 Å². The van der Waals surface area contributed by atoms with E-state index in [4.69, 9.17) is 4.74 Å². The third-order valence-corrected chi connectivity index (χ3v) is 2.16. The lowest BCUT2D eigenvalue weighted by molar-refractivity contribution is -0.142. The third-order valence-electron chi connectivity index (χ3n) is 2.16. The minimum atomic E-state index is -0.308. The second kappa shape index (κ2) is 4.82. The van der Waals surface area contributed by atoms with Crippen molar-refractivity contribution in [3.05, 3.63) is 28.8 Å². The molecule has 3 nitrogen and oxygen atoms in total. The first-order valence-electron chi connectivity index (χ1n) is 4.99. The quantitative estimate of drug-likeness (QED) is 0.774. The second-order valence-electron chi connectivity index (χ2n) is 3.57. The SMILES string of the molecule is CCOC(=O)Cc1cc(C)cc(C)c1O. The molecule has 1 aromatic carbocycles. The van der Waals surface area contributed by atoms with Gasteiger partial charge in [0.2, 0.25) is 0 Å². The molecule has 0 aliphatic rings. The Bertz CT molecular complexity index is 369. The Balaban J connectivity index is 2.89. The predicted molar refractivity (Wildman–Crippen MR) is 57.9 cm³/mol. The van der Waals surface area contributed by atoms with E-state index in [0.717, 1.165) is 11.1 Å². The van der Waals surface area contributed by atoms with Crippen molar-refractivity contribution >= 4 is 5.97 Å². The number of phenols is 1. The summed E-state index contributed by atoms with van der Waals surface area (Å²) >= 11 is 0. The molecule has 0 unspecified atom stereocenters. The number of ether oxygens (including phenoxy) is 1. The fraction of sp³-hybridized carbons (Fsp3) is 0.417. The molecule has 0 aliphatic heterocycles. The average Bonchev–Trinajstić information content (AvgIpc) is 2.13. The van der Waals surface area contributed by atoms with Crippen LogP contribution in [0.4, 0.5) is 0 Å². The molecule has 82 valence electrons. The van der Waals surface area contributed by atoms with Gasteiger partial charge in [0.25, 0.3) is 0 Å². The van der Waals surface area contributed by atoms with Gasteiger partial charge in [0.05, 0.1) is 13.0 Å². The highest BCUT2D eigenvalue weighted by molar-refractivity contribution is 5.73. The molecule has 0 heterocycles. The van der Waals surface area contributed by atoms with Crippen molar-refractivity contribution < 1.29 is 14.6 Å². The van der Waals surface area contributed by atoms with Crippen LogP contribution in [0.5, 0.6) is 5.75 Å². The molecule has 0 amide bonds. The number of phenolic OH excluding ortho intramolecular Hbond substituents is 1. The van der Waals surface area contributed by atoms with Crippen LogP contribution in [-0.2, 0) is 16.0 Å². The molecule has 0 fully saturated rings. The summed E-state index contributed by atoms with van der Waals surface area (Å²) in [5.74, 6) is -0.119. The third kappa shape index (κ3) is 2.98. The van der Waals surface area contributed by atoms with Gasteiger partial charge < -0.3 is 9.84 Å². The molecule has 0 saturated carbocycles. The highest BCUT2D eigenvalue weighted by atomic mass is 16.5. The van der Waals surface area contributed by atoms with E-state index in [-0.39, 0.29) is 18.1 Å². The van der Waals surface area contributed by atoms with Gasteiger partial charge in [-0.05, 0) is 26.3 Å². The number of hydrogen-bond donors (Lipinski definition) is 1.